The van der Waals surface area contributed by atoms with Gasteiger partial charge in [0.15, 0.2) is 0 Å². The minimum atomic E-state index is -0.0278. The van der Waals surface area contributed by atoms with Crippen molar-refractivity contribution < 1.29 is 5.11 Å². The van der Waals surface area contributed by atoms with Crippen molar-refractivity contribution in [2.24, 2.45) is 5.92 Å². The van der Waals surface area contributed by atoms with Gasteiger partial charge in [0.05, 0.1) is 6.10 Å². The molecule has 0 bridgehead atoms. The molecule has 1 aromatic carbocycles. The first-order chi connectivity index (χ1) is 8.70. The molecule has 98 valence electrons. The highest BCUT2D eigenvalue weighted by Gasteiger charge is 2.32. The molecule has 0 heterocycles. The zero-order valence-corrected chi connectivity index (χ0v) is 11.2. The molecule has 0 aliphatic heterocycles. The van der Waals surface area contributed by atoms with E-state index in [9.17, 15) is 5.11 Å². The normalized spacial score (nSPS) is 34.8. The Labute approximate surface area is 113 Å². The third-order valence-corrected chi connectivity index (χ3v) is 4.64. The molecular formula is C15H20ClNO. The molecule has 2 fully saturated rings. The maximum absolute atomic E-state index is 9.23. The minimum absolute atomic E-state index is 0.0278. The molecule has 2 N–H and O–H groups in total. The Hall–Kier alpha value is -0.570. The van der Waals surface area contributed by atoms with Crippen molar-refractivity contribution in [3.8, 4) is 0 Å². The number of benzene rings is 1. The molecule has 3 rings (SSSR count). The van der Waals surface area contributed by atoms with Crippen LogP contribution < -0.4 is 5.32 Å². The quantitative estimate of drug-likeness (QED) is 0.877. The first kappa shape index (κ1) is 12.5. The van der Waals surface area contributed by atoms with Crippen LogP contribution in [0.5, 0.6) is 0 Å². The Balaban J connectivity index is 1.39. The summed E-state index contributed by atoms with van der Waals surface area (Å²) < 4.78 is 0. The van der Waals surface area contributed by atoms with Crippen molar-refractivity contribution in [2.75, 3.05) is 6.54 Å². The summed E-state index contributed by atoms with van der Waals surface area (Å²) in [6, 6.07) is 8.92. The lowest BCUT2D eigenvalue weighted by molar-refractivity contribution is 0.0400. The van der Waals surface area contributed by atoms with Crippen LogP contribution in [0.4, 0.5) is 0 Å². The maximum atomic E-state index is 9.23. The van der Waals surface area contributed by atoms with E-state index in [4.69, 9.17) is 11.6 Å². The van der Waals surface area contributed by atoms with E-state index in [0.29, 0.717) is 17.9 Å². The highest BCUT2D eigenvalue weighted by Crippen LogP contribution is 2.37. The highest BCUT2D eigenvalue weighted by molar-refractivity contribution is 6.30. The molecule has 0 amide bonds. The summed E-state index contributed by atoms with van der Waals surface area (Å²) in [7, 11) is 0. The van der Waals surface area contributed by atoms with Crippen LogP contribution in [-0.2, 0) is 0 Å². The second kappa shape index (κ2) is 5.20. The number of halogens is 1. The van der Waals surface area contributed by atoms with E-state index < -0.39 is 0 Å². The summed E-state index contributed by atoms with van der Waals surface area (Å²) in [5.41, 5.74) is 1.41. The lowest BCUT2D eigenvalue weighted by Crippen LogP contribution is -2.45. The number of aliphatic hydroxyl groups is 1. The number of hydrogen-bond acceptors (Lipinski definition) is 2. The molecule has 2 nitrogen and oxygen atoms in total. The molecule has 0 spiro atoms. The summed E-state index contributed by atoms with van der Waals surface area (Å²) in [5, 5.41) is 13.7. The van der Waals surface area contributed by atoms with Gasteiger partial charge in [0.2, 0.25) is 0 Å². The number of aliphatic hydroxyl groups excluding tert-OH is 1. The summed E-state index contributed by atoms with van der Waals surface area (Å²) in [4.78, 5) is 0. The first-order valence-corrected chi connectivity index (χ1v) is 7.25. The Kier molecular flexibility index (Phi) is 3.60. The predicted molar refractivity (Wildman–Crippen MR) is 73.9 cm³/mol. The molecule has 3 heteroatoms. The average Bonchev–Trinajstić information content (AvgIpc) is 2.26. The molecule has 0 unspecified atom stereocenters. The monoisotopic (exact) mass is 265 g/mol. The zero-order chi connectivity index (χ0) is 12.5. The fourth-order valence-corrected chi connectivity index (χ4v) is 3.12. The zero-order valence-electron chi connectivity index (χ0n) is 10.5. The Morgan fingerprint density at radius 3 is 2.39 bits per heavy atom. The van der Waals surface area contributed by atoms with Gasteiger partial charge in [-0.15, -0.1) is 0 Å². The molecule has 1 aromatic rings. The van der Waals surface area contributed by atoms with Gasteiger partial charge in [-0.1, -0.05) is 23.7 Å². The first-order valence-electron chi connectivity index (χ1n) is 6.87. The van der Waals surface area contributed by atoms with Crippen molar-refractivity contribution in [3.63, 3.8) is 0 Å². The molecule has 2 aliphatic carbocycles. The Morgan fingerprint density at radius 2 is 1.78 bits per heavy atom. The summed E-state index contributed by atoms with van der Waals surface area (Å²) in [5.74, 6) is 1.40. The van der Waals surface area contributed by atoms with Crippen LogP contribution in [0.2, 0.25) is 5.02 Å². The van der Waals surface area contributed by atoms with Crippen LogP contribution >= 0.6 is 11.6 Å². The lowest BCUT2D eigenvalue weighted by Gasteiger charge is -2.39. The van der Waals surface area contributed by atoms with Crippen LogP contribution in [0.1, 0.15) is 37.2 Å². The molecule has 0 atom stereocenters. The lowest BCUT2D eigenvalue weighted by atomic mass is 9.75. The van der Waals surface area contributed by atoms with E-state index in [1.165, 1.54) is 18.4 Å². The highest BCUT2D eigenvalue weighted by atomic mass is 35.5. The third kappa shape index (κ3) is 2.71. The van der Waals surface area contributed by atoms with Gasteiger partial charge in [-0.2, -0.15) is 0 Å². The molecule has 0 saturated heterocycles. The summed E-state index contributed by atoms with van der Waals surface area (Å²) >= 11 is 5.89. The Bertz CT molecular complexity index is 393. The van der Waals surface area contributed by atoms with Crippen molar-refractivity contribution >= 4 is 11.6 Å². The van der Waals surface area contributed by atoms with Gasteiger partial charge in [-0.3, -0.25) is 0 Å². The average molecular weight is 266 g/mol. The molecule has 2 saturated carbocycles. The van der Waals surface area contributed by atoms with Crippen molar-refractivity contribution in [2.45, 2.75) is 43.7 Å². The van der Waals surface area contributed by atoms with E-state index in [2.05, 4.69) is 17.4 Å². The molecule has 2 aliphatic rings. The molecular weight excluding hydrogens is 246 g/mol. The van der Waals surface area contributed by atoms with E-state index in [1.807, 2.05) is 12.1 Å². The smallest absolute Gasteiger partial charge is 0.0546 e. The van der Waals surface area contributed by atoms with Crippen molar-refractivity contribution in [3.05, 3.63) is 34.9 Å². The van der Waals surface area contributed by atoms with Crippen LogP contribution in [0.25, 0.3) is 0 Å². The Morgan fingerprint density at radius 1 is 1.11 bits per heavy atom. The second-order valence-corrected chi connectivity index (χ2v) is 6.25. The van der Waals surface area contributed by atoms with E-state index in [-0.39, 0.29) is 6.10 Å². The van der Waals surface area contributed by atoms with Crippen molar-refractivity contribution in [1.29, 1.82) is 0 Å². The van der Waals surface area contributed by atoms with Crippen LogP contribution in [-0.4, -0.2) is 23.8 Å². The van der Waals surface area contributed by atoms with Gasteiger partial charge < -0.3 is 10.4 Å². The van der Waals surface area contributed by atoms with Crippen molar-refractivity contribution in [1.82, 2.24) is 5.32 Å². The minimum Gasteiger partial charge on any atom is -0.393 e. The van der Waals surface area contributed by atoms with Gasteiger partial charge in [0.1, 0.15) is 0 Å². The second-order valence-electron chi connectivity index (χ2n) is 5.82. The topological polar surface area (TPSA) is 32.3 Å². The fraction of sp³-hybridized carbons (Fsp3) is 0.600. The number of hydrogen-bond donors (Lipinski definition) is 2. The number of nitrogens with one attached hydrogen (secondary N) is 1. The largest absolute Gasteiger partial charge is 0.393 e. The predicted octanol–water partition coefficient (Wildman–Crippen LogP) is 2.95. The number of rotatable bonds is 4. The van der Waals surface area contributed by atoms with E-state index >= 15 is 0 Å². The third-order valence-electron chi connectivity index (χ3n) is 4.39. The van der Waals surface area contributed by atoms with Crippen LogP contribution in [0, 0.1) is 5.92 Å². The molecule has 0 radical (unpaired) electrons. The summed E-state index contributed by atoms with van der Waals surface area (Å²) in [6.07, 6.45) is 4.41. The van der Waals surface area contributed by atoms with Gasteiger partial charge in [-0.25, -0.2) is 0 Å². The molecule has 0 aromatic heterocycles. The maximum Gasteiger partial charge on any atom is 0.0546 e. The fourth-order valence-electron chi connectivity index (χ4n) is 2.99. The SMILES string of the molecule is OC1CC(CNC2CC(c3ccc(Cl)cc3)C2)C1. The van der Waals surface area contributed by atoms with E-state index in [1.54, 1.807) is 0 Å². The van der Waals surface area contributed by atoms with Crippen LogP contribution in [0.3, 0.4) is 0 Å². The van der Waals surface area contributed by atoms with E-state index in [0.717, 1.165) is 24.4 Å². The van der Waals surface area contributed by atoms with Crippen LogP contribution in [0.15, 0.2) is 24.3 Å². The standard InChI is InChI=1S/C15H20ClNO/c16-13-3-1-11(2-4-13)12-7-14(8-12)17-9-10-5-15(18)6-10/h1-4,10,12,14-15,17-18H,5-9H2. The van der Waals surface area contributed by atoms with Gasteiger partial charge in [0, 0.05) is 11.1 Å². The molecule has 18 heavy (non-hydrogen) atoms. The van der Waals surface area contributed by atoms with Gasteiger partial charge in [0.25, 0.3) is 0 Å². The van der Waals surface area contributed by atoms with Gasteiger partial charge in [-0.05, 0) is 61.8 Å². The summed E-state index contributed by atoms with van der Waals surface area (Å²) in [6.45, 7) is 1.08. The van der Waals surface area contributed by atoms with Gasteiger partial charge >= 0.3 is 0 Å².